The average molecular weight is 268 g/mol. The van der Waals surface area contributed by atoms with E-state index in [0.29, 0.717) is 0 Å². The zero-order valence-electron chi connectivity index (χ0n) is 9.01. The Kier molecular flexibility index (Phi) is 3.10. The number of benzene rings is 1. The van der Waals surface area contributed by atoms with E-state index in [1.54, 1.807) is 0 Å². The van der Waals surface area contributed by atoms with E-state index in [1.807, 2.05) is 0 Å². The van der Waals surface area contributed by atoms with Gasteiger partial charge in [0.2, 0.25) is 0 Å². The predicted molar refractivity (Wildman–Crippen MR) is 65.1 cm³/mol. The fourth-order valence-electron chi connectivity index (χ4n) is 1.62. The van der Waals surface area contributed by atoms with Crippen molar-refractivity contribution in [2.45, 2.75) is 33.1 Å². The van der Waals surface area contributed by atoms with E-state index in [2.05, 4.69) is 46.9 Å². The van der Waals surface area contributed by atoms with E-state index >= 15 is 0 Å². The highest BCUT2D eigenvalue weighted by Crippen LogP contribution is 2.27. The normalized spacial score (nSPS) is 11.1. The van der Waals surface area contributed by atoms with E-state index in [9.17, 15) is 0 Å². The lowest BCUT2D eigenvalue weighted by molar-refractivity contribution is 0.524. The Morgan fingerprint density at radius 1 is 1.33 bits per heavy atom. The highest BCUT2D eigenvalue weighted by atomic mass is 79.9. The van der Waals surface area contributed by atoms with Gasteiger partial charge >= 0.3 is 0 Å². The van der Waals surface area contributed by atoms with Gasteiger partial charge in [-0.05, 0) is 46.5 Å². The Morgan fingerprint density at radius 3 is 2.80 bits per heavy atom. The SMILES string of the molecule is CCCc1nc2cc(CC)cc(Br)c2o1. The molecule has 1 aromatic heterocycles. The van der Waals surface area contributed by atoms with Crippen molar-refractivity contribution in [3.8, 4) is 0 Å². The lowest BCUT2D eigenvalue weighted by Crippen LogP contribution is -1.82. The number of halogens is 1. The molecule has 2 nitrogen and oxygen atoms in total. The lowest BCUT2D eigenvalue weighted by Gasteiger charge is -1.96. The molecule has 0 saturated heterocycles. The van der Waals surface area contributed by atoms with Gasteiger partial charge in [-0.15, -0.1) is 0 Å². The van der Waals surface area contributed by atoms with Crippen molar-refractivity contribution < 1.29 is 4.42 Å². The monoisotopic (exact) mass is 267 g/mol. The molecule has 1 aromatic carbocycles. The first-order chi connectivity index (χ1) is 7.24. The second-order valence-corrected chi connectivity index (χ2v) is 4.49. The smallest absolute Gasteiger partial charge is 0.195 e. The lowest BCUT2D eigenvalue weighted by atomic mass is 10.1. The molecule has 0 radical (unpaired) electrons. The highest BCUT2D eigenvalue weighted by molar-refractivity contribution is 9.10. The van der Waals surface area contributed by atoms with Crippen LogP contribution < -0.4 is 0 Å². The molecule has 0 N–H and O–H groups in total. The van der Waals surface area contributed by atoms with Gasteiger partial charge in [0.05, 0.1) is 4.47 Å². The van der Waals surface area contributed by atoms with Crippen molar-refractivity contribution in [1.82, 2.24) is 4.98 Å². The van der Waals surface area contributed by atoms with Crippen LogP contribution in [-0.4, -0.2) is 4.98 Å². The molecule has 0 spiro atoms. The van der Waals surface area contributed by atoms with Crippen LogP contribution in [0.1, 0.15) is 31.7 Å². The molecule has 0 bridgehead atoms. The number of aromatic nitrogens is 1. The highest BCUT2D eigenvalue weighted by Gasteiger charge is 2.09. The maximum Gasteiger partial charge on any atom is 0.195 e. The van der Waals surface area contributed by atoms with Crippen molar-refractivity contribution in [3.63, 3.8) is 0 Å². The molecule has 0 unspecified atom stereocenters. The first-order valence-corrected chi connectivity index (χ1v) is 6.11. The zero-order chi connectivity index (χ0) is 10.8. The van der Waals surface area contributed by atoms with Crippen molar-refractivity contribution in [2.75, 3.05) is 0 Å². The summed E-state index contributed by atoms with van der Waals surface area (Å²) in [6.45, 7) is 4.27. The van der Waals surface area contributed by atoms with Crippen LogP contribution in [0.25, 0.3) is 11.1 Å². The van der Waals surface area contributed by atoms with E-state index in [-0.39, 0.29) is 0 Å². The Bertz CT molecular complexity index is 476. The summed E-state index contributed by atoms with van der Waals surface area (Å²) in [5, 5.41) is 0. The molecule has 80 valence electrons. The third kappa shape index (κ3) is 2.07. The summed E-state index contributed by atoms with van der Waals surface area (Å²) >= 11 is 3.52. The van der Waals surface area contributed by atoms with Gasteiger partial charge in [0, 0.05) is 6.42 Å². The number of rotatable bonds is 3. The van der Waals surface area contributed by atoms with Crippen LogP contribution in [0.5, 0.6) is 0 Å². The maximum absolute atomic E-state index is 5.68. The molecular weight excluding hydrogens is 254 g/mol. The van der Waals surface area contributed by atoms with E-state index in [1.165, 1.54) is 5.56 Å². The van der Waals surface area contributed by atoms with Gasteiger partial charge in [-0.3, -0.25) is 0 Å². The van der Waals surface area contributed by atoms with Crippen molar-refractivity contribution >= 4 is 27.0 Å². The number of nitrogens with zero attached hydrogens (tertiary/aromatic N) is 1. The molecule has 15 heavy (non-hydrogen) atoms. The minimum absolute atomic E-state index is 0.835. The van der Waals surface area contributed by atoms with Crippen LogP contribution in [0, 0.1) is 0 Å². The molecule has 3 heteroatoms. The van der Waals surface area contributed by atoms with E-state index in [4.69, 9.17) is 4.42 Å². The van der Waals surface area contributed by atoms with Gasteiger partial charge < -0.3 is 4.42 Å². The third-order valence-corrected chi connectivity index (χ3v) is 3.01. The van der Waals surface area contributed by atoms with E-state index < -0.39 is 0 Å². The summed E-state index contributed by atoms with van der Waals surface area (Å²) < 4.78 is 6.69. The van der Waals surface area contributed by atoms with Crippen LogP contribution in [0.15, 0.2) is 21.0 Å². The van der Waals surface area contributed by atoms with Gasteiger partial charge in [0.15, 0.2) is 11.5 Å². The minimum Gasteiger partial charge on any atom is -0.440 e. The topological polar surface area (TPSA) is 26.0 Å². The molecular formula is C12H14BrNO. The van der Waals surface area contributed by atoms with Crippen LogP contribution in [0.2, 0.25) is 0 Å². The van der Waals surface area contributed by atoms with Crippen LogP contribution in [-0.2, 0) is 12.8 Å². The van der Waals surface area contributed by atoms with Gasteiger partial charge in [0.25, 0.3) is 0 Å². The average Bonchev–Trinajstić information content (AvgIpc) is 2.61. The summed E-state index contributed by atoms with van der Waals surface area (Å²) in [5.41, 5.74) is 3.12. The fraction of sp³-hybridized carbons (Fsp3) is 0.417. The molecule has 0 aliphatic carbocycles. The molecule has 2 rings (SSSR count). The van der Waals surface area contributed by atoms with E-state index in [0.717, 1.165) is 40.7 Å². The molecule has 0 aliphatic heterocycles. The Morgan fingerprint density at radius 2 is 2.13 bits per heavy atom. The molecule has 0 fully saturated rings. The maximum atomic E-state index is 5.68. The summed E-state index contributed by atoms with van der Waals surface area (Å²) in [5.74, 6) is 0.835. The fourth-order valence-corrected chi connectivity index (χ4v) is 2.20. The number of oxazole rings is 1. The van der Waals surface area contributed by atoms with Gasteiger partial charge in [-0.2, -0.15) is 0 Å². The standard InChI is InChI=1S/C12H14BrNO/c1-3-5-11-14-10-7-8(4-2)6-9(13)12(10)15-11/h6-7H,3-5H2,1-2H3. The van der Waals surface area contributed by atoms with Crippen LogP contribution in [0.3, 0.4) is 0 Å². The molecule has 2 aromatic rings. The predicted octanol–water partition coefficient (Wildman–Crippen LogP) is 4.11. The molecule has 0 atom stereocenters. The summed E-state index contributed by atoms with van der Waals surface area (Å²) in [4.78, 5) is 4.48. The van der Waals surface area contributed by atoms with Gasteiger partial charge in [0.1, 0.15) is 5.52 Å². The number of fused-ring (bicyclic) bond motifs is 1. The van der Waals surface area contributed by atoms with Crippen molar-refractivity contribution in [3.05, 3.63) is 28.1 Å². The van der Waals surface area contributed by atoms with Crippen LogP contribution >= 0.6 is 15.9 Å². The molecule has 1 heterocycles. The Balaban J connectivity index is 2.54. The molecule has 0 aliphatic rings. The summed E-state index contributed by atoms with van der Waals surface area (Å²) in [6, 6.07) is 4.20. The zero-order valence-corrected chi connectivity index (χ0v) is 10.6. The van der Waals surface area contributed by atoms with Gasteiger partial charge in [-0.25, -0.2) is 4.98 Å². The number of aryl methyl sites for hydroxylation is 2. The second-order valence-electron chi connectivity index (χ2n) is 3.64. The molecule has 0 saturated carbocycles. The largest absolute Gasteiger partial charge is 0.440 e. The summed E-state index contributed by atoms with van der Waals surface area (Å²) in [7, 11) is 0. The molecule has 0 amide bonds. The van der Waals surface area contributed by atoms with Crippen molar-refractivity contribution in [1.29, 1.82) is 0 Å². The number of hydrogen-bond acceptors (Lipinski definition) is 2. The third-order valence-electron chi connectivity index (χ3n) is 2.42. The van der Waals surface area contributed by atoms with Crippen LogP contribution in [0.4, 0.5) is 0 Å². The first-order valence-electron chi connectivity index (χ1n) is 5.32. The Labute approximate surface area is 97.8 Å². The number of hydrogen-bond donors (Lipinski definition) is 0. The minimum atomic E-state index is 0.835. The second kappa shape index (κ2) is 4.35. The Hall–Kier alpha value is -0.830. The van der Waals surface area contributed by atoms with Gasteiger partial charge in [-0.1, -0.05) is 13.8 Å². The summed E-state index contributed by atoms with van der Waals surface area (Å²) in [6.07, 6.45) is 2.98. The van der Waals surface area contributed by atoms with Crippen molar-refractivity contribution in [2.24, 2.45) is 0 Å². The quantitative estimate of drug-likeness (QED) is 0.837. The first kappa shape index (κ1) is 10.7.